The minimum Gasteiger partial charge on any atom is -0.345 e. The maximum absolute atomic E-state index is 12.4. The number of nitrogens with one attached hydrogen (secondary N) is 1. The third-order valence-corrected chi connectivity index (χ3v) is 4.56. The zero-order valence-corrected chi connectivity index (χ0v) is 14.6. The van der Waals surface area contributed by atoms with Gasteiger partial charge in [0.25, 0.3) is 0 Å². The van der Waals surface area contributed by atoms with Crippen LogP contribution in [0.1, 0.15) is 37.2 Å². The molecule has 0 spiro atoms. The van der Waals surface area contributed by atoms with Crippen LogP contribution >= 0.6 is 0 Å². The lowest BCUT2D eigenvalue weighted by molar-refractivity contribution is -0.129. The number of aromatic amines is 1. The topological polar surface area (TPSA) is 52.2 Å². The van der Waals surface area contributed by atoms with Crippen molar-refractivity contribution in [1.29, 1.82) is 0 Å². The van der Waals surface area contributed by atoms with Gasteiger partial charge in [0.1, 0.15) is 0 Å². The second-order valence-corrected chi connectivity index (χ2v) is 7.17. The molecular formula is C17H30N4O. The molecule has 22 heavy (non-hydrogen) atoms. The average molecular weight is 306 g/mol. The Labute approximate surface area is 134 Å². The van der Waals surface area contributed by atoms with Gasteiger partial charge in [-0.3, -0.25) is 9.89 Å². The number of nitrogens with zero attached hydrogens (tertiary/aromatic N) is 3. The van der Waals surface area contributed by atoms with Crippen molar-refractivity contribution in [2.24, 2.45) is 11.8 Å². The van der Waals surface area contributed by atoms with Crippen LogP contribution in [0.5, 0.6) is 0 Å². The molecule has 0 bridgehead atoms. The Morgan fingerprint density at radius 2 is 2.18 bits per heavy atom. The number of rotatable bonds is 6. The zero-order valence-electron chi connectivity index (χ0n) is 14.6. The normalized spacial score (nSPS) is 19.1. The van der Waals surface area contributed by atoms with E-state index in [1.807, 2.05) is 25.8 Å². The van der Waals surface area contributed by atoms with E-state index in [9.17, 15) is 4.79 Å². The Morgan fingerprint density at radius 1 is 1.45 bits per heavy atom. The molecule has 0 radical (unpaired) electrons. The van der Waals surface area contributed by atoms with Gasteiger partial charge < -0.3 is 9.80 Å². The number of aryl methyl sites for hydroxylation is 2. The molecule has 1 saturated heterocycles. The number of carbonyl (C=O) groups excluding carboxylic acids is 1. The third-order valence-electron chi connectivity index (χ3n) is 4.56. The molecule has 2 rings (SSSR count). The Hall–Kier alpha value is -1.36. The van der Waals surface area contributed by atoms with Crippen LogP contribution < -0.4 is 0 Å². The van der Waals surface area contributed by atoms with Crippen LogP contribution in [-0.4, -0.2) is 59.1 Å². The molecule has 1 N–H and O–H groups in total. The van der Waals surface area contributed by atoms with E-state index < -0.39 is 0 Å². The summed E-state index contributed by atoms with van der Waals surface area (Å²) in [6.45, 7) is 12.8. The van der Waals surface area contributed by atoms with E-state index in [2.05, 4.69) is 28.9 Å². The molecule has 1 atom stereocenters. The number of hydrogen-bond acceptors (Lipinski definition) is 3. The van der Waals surface area contributed by atoms with Crippen LogP contribution in [0.25, 0.3) is 0 Å². The maximum Gasteiger partial charge on any atom is 0.226 e. The minimum atomic E-state index is 0.190. The van der Waals surface area contributed by atoms with Gasteiger partial charge in [-0.1, -0.05) is 13.8 Å². The Kier molecular flexibility index (Phi) is 5.62. The summed E-state index contributed by atoms with van der Waals surface area (Å²) in [7, 11) is 1.93. The van der Waals surface area contributed by atoms with Crippen LogP contribution in [0.3, 0.4) is 0 Å². The van der Waals surface area contributed by atoms with Crippen molar-refractivity contribution in [3.8, 4) is 0 Å². The molecule has 0 aromatic carbocycles. The molecular weight excluding hydrogens is 276 g/mol. The summed E-state index contributed by atoms with van der Waals surface area (Å²) >= 11 is 0. The van der Waals surface area contributed by atoms with E-state index in [0.29, 0.717) is 18.3 Å². The van der Waals surface area contributed by atoms with Crippen LogP contribution in [-0.2, 0) is 11.2 Å². The predicted molar refractivity (Wildman–Crippen MR) is 88.8 cm³/mol. The fourth-order valence-electron chi connectivity index (χ4n) is 3.35. The van der Waals surface area contributed by atoms with Crippen molar-refractivity contribution in [3.63, 3.8) is 0 Å². The molecule has 0 aliphatic carbocycles. The van der Waals surface area contributed by atoms with Gasteiger partial charge in [0.15, 0.2) is 0 Å². The van der Waals surface area contributed by atoms with E-state index >= 15 is 0 Å². The molecule has 124 valence electrons. The van der Waals surface area contributed by atoms with E-state index in [0.717, 1.165) is 30.0 Å². The first-order valence-corrected chi connectivity index (χ1v) is 8.33. The fraction of sp³-hybridized carbons (Fsp3) is 0.765. The molecule has 0 unspecified atom stereocenters. The van der Waals surface area contributed by atoms with Crippen LogP contribution in [0.2, 0.25) is 0 Å². The first-order valence-electron chi connectivity index (χ1n) is 8.33. The summed E-state index contributed by atoms with van der Waals surface area (Å²) < 4.78 is 0. The van der Waals surface area contributed by atoms with Gasteiger partial charge in [-0.05, 0) is 38.6 Å². The molecule has 1 aliphatic heterocycles. The van der Waals surface area contributed by atoms with Crippen molar-refractivity contribution in [2.75, 3.05) is 33.2 Å². The van der Waals surface area contributed by atoms with Gasteiger partial charge in [0.2, 0.25) is 5.91 Å². The van der Waals surface area contributed by atoms with Crippen molar-refractivity contribution < 1.29 is 4.79 Å². The lowest BCUT2D eigenvalue weighted by Crippen LogP contribution is -2.34. The Bertz CT molecular complexity index is 489. The quantitative estimate of drug-likeness (QED) is 0.874. The van der Waals surface area contributed by atoms with Crippen molar-refractivity contribution in [1.82, 2.24) is 20.0 Å². The monoisotopic (exact) mass is 306 g/mol. The highest BCUT2D eigenvalue weighted by Gasteiger charge is 2.25. The SMILES string of the molecule is Cc1n[nH]c(C)c1CC(=O)N(C)C[C@H]1CCN(CC(C)C)C1. The molecule has 1 aromatic rings. The highest BCUT2D eigenvalue weighted by Crippen LogP contribution is 2.19. The molecule has 1 aromatic heterocycles. The first kappa shape index (κ1) is 17.0. The van der Waals surface area contributed by atoms with Gasteiger partial charge in [-0.25, -0.2) is 0 Å². The molecule has 1 aliphatic rings. The maximum atomic E-state index is 12.4. The summed E-state index contributed by atoms with van der Waals surface area (Å²) in [5.74, 6) is 1.51. The number of likely N-dealkylation sites (tertiary alicyclic amines) is 1. The summed E-state index contributed by atoms with van der Waals surface area (Å²) in [5.41, 5.74) is 2.98. The molecule has 5 heteroatoms. The van der Waals surface area contributed by atoms with Crippen LogP contribution in [0.4, 0.5) is 0 Å². The highest BCUT2D eigenvalue weighted by atomic mass is 16.2. The highest BCUT2D eigenvalue weighted by molar-refractivity contribution is 5.79. The number of carbonyl (C=O) groups is 1. The zero-order chi connectivity index (χ0) is 16.3. The van der Waals surface area contributed by atoms with Crippen molar-refractivity contribution in [3.05, 3.63) is 17.0 Å². The molecule has 0 saturated carbocycles. The van der Waals surface area contributed by atoms with E-state index in [1.54, 1.807) is 0 Å². The fourth-order valence-corrected chi connectivity index (χ4v) is 3.35. The van der Waals surface area contributed by atoms with Crippen LogP contribution in [0, 0.1) is 25.7 Å². The first-order chi connectivity index (χ1) is 10.4. The van der Waals surface area contributed by atoms with Gasteiger partial charge in [0.05, 0.1) is 12.1 Å². The summed E-state index contributed by atoms with van der Waals surface area (Å²) in [5, 5.41) is 7.12. The molecule has 2 heterocycles. The summed E-state index contributed by atoms with van der Waals surface area (Å²) in [4.78, 5) is 16.9. The second kappa shape index (κ2) is 7.27. The molecule has 1 amide bonds. The van der Waals surface area contributed by atoms with E-state index in [1.165, 1.54) is 19.5 Å². The molecule has 1 fully saturated rings. The smallest absolute Gasteiger partial charge is 0.226 e. The number of aromatic nitrogens is 2. The summed E-state index contributed by atoms with van der Waals surface area (Å²) in [6.07, 6.45) is 1.65. The largest absolute Gasteiger partial charge is 0.345 e. The van der Waals surface area contributed by atoms with E-state index in [-0.39, 0.29) is 5.91 Å². The summed E-state index contributed by atoms with van der Waals surface area (Å²) in [6, 6.07) is 0. The second-order valence-electron chi connectivity index (χ2n) is 7.17. The Morgan fingerprint density at radius 3 is 2.77 bits per heavy atom. The number of likely N-dealkylation sites (N-methyl/N-ethyl adjacent to an activating group) is 1. The number of hydrogen-bond donors (Lipinski definition) is 1. The van der Waals surface area contributed by atoms with Gasteiger partial charge in [-0.15, -0.1) is 0 Å². The van der Waals surface area contributed by atoms with Gasteiger partial charge >= 0.3 is 0 Å². The number of H-pyrrole nitrogens is 1. The lowest BCUT2D eigenvalue weighted by atomic mass is 10.1. The predicted octanol–water partition coefficient (Wildman–Crippen LogP) is 2.01. The minimum absolute atomic E-state index is 0.190. The molecule has 5 nitrogen and oxygen atoms in total. The average Bonchev–Trinajstić information content (AvgIpc) is 2.99. The van der Waals surface area contributed by atoms with Crippen molar-refractivity contribution in [2.45, 2.75) is 40.5 Å². The standard InChI is InChI=1S/C17H30N4O/c1-12(2)9-21-7-6-15(11-21)10-20(5)17(22)8-16-13(3)18-19-14(16)4/h12,15H,6-11H2,1-5H3,(H,18,19)/t15-/m1/s1. The van der Waals surface area contributed by atoms with Gasteiger partial charge in [0, 0.05) is 37.9 Å². The third kappa shape index (κ3) is 4.32. The Balaban J connectivity index is 1.82. The lowest BCUT2D eigenvalue weighted by Gasteiger charge is -2.22. The van der Waals surface area contributed by atoms with E-state index in [4.69, 9.17) is 0 Å². The van der Waals surface area contributed by atoms with Gasteiger partial charge in [-0.2, -0.15) is 5.10 Å². The van der Waals surface area contributed by atoms with Crippen molar-refractivity contribution >= 4 is 5.91 Å². The van der Waals surface area contributed by atoms with Crippen LogP contribution in [0.15, 0.2) is 0 Å². The number of amides is 1.